The Kier molecular flexibility index (Phi) is 5.22. The second kappa shape index (κ2) is 8.11. The monoisotopic (exact) mass is 357 g/mol. The molecule has 1 aromatic heterocycles. The van der Waals surface area contributed by atoms with Crippen LogP contribution in [0, 0.1) is 0 Å². The minimum Gasteiger partial charge on any atom is -0.497 e. The van der Waals surface area contributed by atoms with Crippen LogP contribution in [0.4, 0.5) is 0 Å². The second-order valence-corrected chi connectivity index (χ2v) is 6.83. The molecule has 0 saturated carbocycles. The lowest BCUT2D eigenvalue weighted by atomic mass is 9.91. The van der Waals surface area contributed by atoms with E-state index >= 15 is 0 Å². The van der Waals surface area contributed by atoms with Crippen molar-refractivity contribution in [3.63, 3.8) is 0 Å². The molecule has 3 heteroatoms. The van der Waals surface area contributed by atoms with Crippen LogP contribution in [0.25, 0.3) is 10.9 Å². The van der Waals surface area contributed by atoms with E-state index in [-0.39, 0.29) is 0 Å². The maximum atomic E-state index is 5.34. The van der Waals surface area contributed by atoms with Gasteiger partial charge in [0.15, 0.2) is 0 Å². The number of ether oxygens (including phenoxy) is 1. The summed E-state index contributed by atoms with van der Waals surface area (Å²) < 4.78 is 5.34. The number of hydrogen-bond donors (Lipinski definition) is 2. The van der Waals surface area contributed by atoms with Gasteiger partial charge in [-0.3, -0.25) is 0 Å². The SMILES string of the molecule is COc1cccc(C[NH2+]C[C@@H](c2ccccc2)c2c[nH]c3ccccc23)c1. The highest BCUT2D eigenvalue weighted by molar-refractivity contribution is 5.84. The number of nitrogens with one attached hydrogen (secondary N) is 1. The van der Waals surface area contributed by atoms with E-state index in [2.05, 4.69) is 89.3 Å². The number of benzene rings is 3. The lowest BCUT2D eigenvalue weighted by Crippen LogP contribution is -2.83. The highest BCUT2D eigenvalue weighted by Gasteiger charge is 2.19. The van der Waals surface area contributed by atoms with Gasteiger partial charge in [-0.05, 0) is 29.3 Å². The molecule has 0 aliphatic rings. The van der Waals surface area contributed by atoms with Crippen LogP contribution in [0.1, 0.15) is 22.6 Å². The number of aromatic amines is 1. The number of para-hydroxylation sites is 1. The molecule has 0 aliphatic heterocycles. The summed E-state index contributed by atoms with van der Waals surface area (Å²) in [6.45, 7) is 1.92. The van der Waals surface area contributed by atoms with Gasteiger partial charge in [-0.2, -0.15) is 0 Å². The number of hydrogen-bond acceptors (Lipinski definition) is 1. The highest BCUT2D eigenvalue weighted by atomic mass is 16.5. The quantitative estimate of drug-likeness (QED) is 0.514. The summed E-state index contributed by atoms with van der Waals surface area (Å²) in [5.41, 5.74) is 5.18. The van der Waals surface area contributed by atoms with Crippen LogP contribution in [-0.4, -0.2) is 18.6 Å². The molecule has 0 saturated heterocycles. The molecule has 0 fully saturated rings. The van der Waals surface area contributed by atoms with Gasteiger partial charge in [0, 0.05) is 22.7 Å². The Bertz CT molecular complexity index is 1010. The minimum atomic E-state index is 0.341. The Balaban J connectivity index is 1.57. The zero-order valence-corrected chi connectivity index (χ0v) is 15.6. The fraction of sp³-hybridized carbons (Fsp3) is 0.167. The zero-order valence-electron chi connectivity index (χ0n) is 15.6. The van der Waals surface area contributed by atoms with Crippen LogP contribution < -0.4 is 10.1 Å². The number of methoxy groups -OCH3 is 1. The minimum absolute atomic E-state index is 0.341. The second-order valence-electron chi connectivity index (χ2n) is 6.83. The fourth-order valence-electron chi connectivity index (χ4n) is 3.73. The predicted octanol–water partition coefficient (Wildman–Crippen LogP) is 4.07. The van der Waals surface area contributed by atoms with Crippen molar-refractivity contribution in [1.29, 1.82) is 0 Å². The van der Waals surface area contributed by atoms with Gasteiger partial charge >= 0.3 is 0 Å². The van der Waals surface area contributed by atoms with Gasteiger partial charge in [-0.25, -0.2) is 0 Å². The molecule has 3 N–H and O–H groups in total. The van der Waals surface area contributed by atoms with Gasteiger partial charge in [-0.15, -0.1) is 0 Å². The number of H-pyrrole nitrogens is 1. The van der Waals surface area contributed by atoms with Crippen LogP contribution in [-0.2, 0) is 6.54 Å². The van der Waals surface area contributed by atoms with Crippen LogP contribution >= 0.6 is 0 Å². The number of fused-ring (bicyclic) bond motifs is 1. The average Bonchev–Trinajstić information content (AvgIpc) is 3.16. The van der Waals surface area contributed by atoms with E-state index in [1.165, 1.54) is 27.6 Å². The number of aromatic nitrogens is 1. The normalized spacial score (nSPS) is 12.2. The molecule has 0 unspecified atom stereocenters. The summed E-state index contributed by atoms with van der Waals surface area (Å²) in [5, 5.41) is 3.69. The van der Waals surface area contributed by atoms with Crippen LogP contribution in [0.3, 0.4) is 0 Å². The van der Waals surface area contributed by atoms with E-state index < -0.39 is 0 Å². The molecule has 0 aliphatic carbocycles. The van der Waals surface area contributed by atoms with Crippen molar-refractivity contribution in [3.8, 4) is 5.75 Å². The first-order chi connectivity index (χ1) is 13.3. The summed E-state index contributed by atoms with van der Waals surface area (Å²) in [7, 11) is 1.71. The third-order valence-electron chi connectivity index (χ3n) is 5.12. The van der Waals surface area contributed by atoms with E-state index in [0.717, 1.165) is 18.8 Å². The van der Waals surface area contributed by atoms with E-state index in [4.69, 9.17) is 4.74 Å². The lowest BCUT2D eigenvalue weighted by molar-refractivity contribution is -0.671. The Labute approximate surface area is 160 Å². The van der Waals surface area contributed by atoms with Crippen molar-refractivity contribution in [2.75, 3.05) is 13.7 Å². The molecule has 0 radical (unpaired) electrons. The number of rotatable bonds is 7. The standard InChI is InChI=1S/C24H24N2O/c1-27-20-11-7-8-18(14-20)15-25-16-22(19-9-3-2-4-10-19)23-17-26-24-13-6-5-12-21(23)24/h2-14,17,22,25-26H,15-16H2,1H3/p+1/t22-/m0/s1. The number of nitrogens with two attached hydrogens (primary N) is 1. The van der Waals surface area contributed by atoms with Crippen molar-refractivity contribution in [2.45, 2.75) is 12.5 Å². The molecular weight excluding hydrogens is 332 g/mol. The molecule has 27 heavy (non-hydrogen) atoms. The van der Waals surface area contributed by atoms with Crippen molar-refractivity contribution < 1.29 is 10.1 Å². The summed E-state index contributed by atoms with van der Waals surface area (Å²) in [6.07, 6.45) is 2.17. The zero-order chi connectivity index (χ0) is 18.5. The first kappa shape index (κ1) is 17.4. The van der Waals surface area contributed by atoms with E-state index in [9.17, 15) is 0 Å². The Morgan fingerprint density at radius 2 is 1.74 bits per heavy atom. The Morgan fingerprint density at radius 3 is 2.59 bits per heavy atom. The average molecular weight is 357 g/mol. The van der Waals surface area contributed by atoms with E-state index in [1.807, 2.05) is 6.07 Å². The predicted molar refractivity (Wildman–Crippen MR) is 110 cm³/mol. The molecule has 0 bridgehead atoms. The van der Waals surface area contributed by atoms with Gasteiger partial charge in [0.2, 0.25) is 0 Å². The Hall–Kier alpha value is -3.04. The van der Waals surface area contributed by atoms with Gasteiger partial charge < -0.3 is 15.0 Å². The molecule has 1 atom stereocenters. The van der Waals surface area contributed by atoms with Crippen LogP contribution in [0.2, 0.25) is 0 Å². The molecule has 0 spiro atoms. The van der Waals surface area contributed by atoms with Gasteiger partial charge in [0.05, 0.1) is 19.6 Å². The maximum Gasteiger partial charge on any atom is 0.119 e. The van der Waals surface area contributed by atoms with E-state index in [1.54, 1.807) is 7.11 Å². The smallest absolute Gasteiger partial charge is 0.119 e. The summed E-state index contributed by atoms with van der Waals surface area (Å²) in [5.74, 6) is 1.25. The van der Waals surface area contributed by atoms with E-state index in [0.29, 0.717) is 5.92 Å². The van der Waals surface area contributed by atoms with Gasteiger partial charge in [0.1, 0.15) is 12.3 Å². The third-order valence-corrected chi connectivity index (χ3v) is 5.12. The Morgan fingerprint density at radius 1 is 0.926 bits per heavy atom. The first-order valence-electron chi connectivity index (χ1n) is 9.40. The van der Waals surface area contributed by atoms with Gasteiger partial charge in [0.25, 0.3) is 0 Å². The largest absolute Gasteiger partial charge is 0.497 e. The molecule has 136 valence electrons. The summed E-state index contributed by atoms with van der Waals surface area (Å²) in [4.78, 5) is 3.43. The summed E-state index contributed by atoms with van der Waals surface area (Å²) >= 11 is 0. The number of quaternary nitrogens is 1. The molecule has 1 heterocycles. The van der Waals surface area contributed by atoms with Crippen molar-refractivity contribution in [2.24, 2.45) is 0 Å². The third kappa shape index (κ3) is 3.88. The molecule has 3 nitrogen and oxygen atoms in total. The molecule has 0 amide bonds. The molecular formula is C24H25N2O+. The van der Waals surface area contributed by atoms with Gasteiger partial charge in [-0.1, -0.05) is 60.7 Å². The topological polar surface area (TPSA) is 41.6 Å². The van der Waals surface area contributed by atoms with Crippen LogP contribution in [0.15, 0.2) is 85.1 Å². The fourth-order valence-corrected chi connectivity index (χ4v) is 3.73. The molecule has 4 aromatic rings. The molecule has 4 rings (SSSR count). The van der Waals surface area contributed by atoms with Crippen LogP contribution in [0.5, 0.6) is 5.75 Å². The van der Waals surface area contributed by atoms with Crippen molar-refractivity contribution >= 4 is 10.9 Å². The maximum absolute atomic E-state index is 5.34. The first-order valence-corrected chi connectivity index (χ1v) is 9.40. The molecule has 3 aromatic carbocycles. The lowest BCUT2D eigenvalue weighted by Gasteiger charge is -2.16. The van der Waals surface area contributed by atoms with Crippen molar-refractivity contribution in [1.82, 2.24) is 4.98 Å². The van der Waals surface area contributed by atoms with Crippen molar-refractivity contribution in [3.05, 3.63) is 102 Å². The highest BCUT2D eigenvalue weighted by Crippen LogP contribution is 2.29. The summed E-state index contributed by atoms with van der Waals surface area (Å²) in [6, 6.07) is 27.6.